The monoisotopic (exact) mass is 452 g/mol. The summed E-state index contributed by atoms with van der Waals surface area (Å²) >= 11 is 2.88. The molecule has 0 saturated carbocycles. The third-order valence-electron chi connectivity index (χ3n) is 5.24. The van der Waals surface area contributed by atoms with Crippen LogP contribution >= 0.6 is 23.1 Å². The first-order valence-electron chi connectivity index (χ1n) is 9.83. The molecule has 4 aromatic rings. The Balaban J connectivity index is 1.48. The van der Waals surface area contributed by atoms with Gasteiger partial charge in [0, 0.05) is 17.6 Å². The molecule has 0 saturated heterocycles. The number of aromatic nitrogens is 5. The Bertz CT molecular complexity index is 1390. The van der Waals surface area contributed by atoms with E-state index >= 15 is 0 Å². The Morgan fingerprint density at radius 1 is 1.26 bits per heavy atom. The molecule has 5 rings (SSSR count). The molecule has 1 aromatic carbocycles. The zero-order valence-corrected chi connectivity index (χ0v) is 18.9. The van der Waals surface area contributed by atoms with E-state index in [1.807, 2.05) is 38.3 Å². The van der Waals surface area contributed by atoms with Crippen molar-refractivity contribution >= 4 is 45.2 Å². The number of thioether (sulfide) groups is 1. The van der Waals surface area contributed by atoms with E-state index in [0.29, 0.717) is 27.1 Å². The van der Waals surface area contributed by atoms with Crippen molar-refractivity contribution in [2.24, 2.45) is 0 Å². The Morgan fingerprint density at radius 2 is 2.10 bits per heavy atom. The molecule has 31 heavy (non-hydrogen) atoms. The van der Waals surface area contributed by atoms with Crippen LogP contribution < -0.4 is 10.9 Å². The van der Waals surface area contributed by atoms with Crippen molar-refractivity contribution in [1.82, 2.24) is 24.3 Å². The van der Waals surface area contributed by atoms with Gasteiger partial charge in [-0.1, -0.05) is 29.5 Å². The standard InChI is InChI=1S/C21H20N6O2S2/c1-11-4-5-16(12(2)6-11)27-18-15(8-22-27)19(29)26-14(10-31-21(26)25-18)7-17(28)24-20-23-13(3)9-30-20/h4-6,8-9,14H,7,10H2,1-3H3,(H,23,24,28). The van der Waals surface area contributed by atoms with Gasteiger partial charge in [-0.05, 0) is 32.4 Å². The summed E-state index contributed by atoms with van der Waals surface area (Å²) in [6.45, 7) is 5.94. The molecule has 10 heteroatoms. The van der Waals surface area contributed by atoms with Crippen LogP contribution in [0, 0.1) is 20.8 Å². The SMILES string of the molecule is Cc1ccc(-n2ncc3c(=O)n4c(nc32)SCC4CC(=O)Nc2nc(C)cs2)c(C)c1. The Kier molecular flexibility index (Phi) is 4.90. The first-order valence-corrected chi connectivity index (χ1v) is 11.7. The van der Waals surface area contributed by atoms with E-state index in [9.17, 15) is 9.59 Å². The summed E-state index contributed by atoms with van der Waals surface area (Å²) in [5.41, 5.74) is 4.37. The molecule has 1 atom stereocenters. The molecule has 0 aliphatic carbocycles. The van der Waals surface area contributed by atoms with Crippen molar-refractivity contribution in [3.8, 4) is 5.69 Å². The predicted molar refractivity (Wildman–Crippen MR) is 122 cm³/mol. The normalized spacial score (nSPS) is 15.4. The van der Waals surface area contributed by atoms with Gasteiger partial charge >= 0.3 is 0 Å². The predicted octanol–water partition coefficient (Wildman–Crippen LogP) is 3.64. The lowest BCUT2D eigenvalue weighted by Gasteiger charge is -2.13. The minimum absolute atomic E-state index is 0.161. The van der Waals surface area contributed by atoms with Crippen LogP contribution in [0.1, 0.15) is 29.3 Å². The van der Waals surface area contributed by atoms with Gasteiger partial charge in [-0.3, -0.25) is 14.2 Å². The summed E-state index contributed by atoms with van der Waals surface area (Å²) in [6.07, 6.45) is 1.76. The molecule has 1 N–H and O–H groups in total. The van der Waals surface area contributed by atoms with Crippen molar-refractivity contribution in [3.05, 3.63) is 57.0 Å². The maximum atomic E-state index is 13.3. The second kappa shape index (κ2) is 7.61. The van der Waals surface area contributed by atoms with Gasteiger partial charge < -0.3 is 5.32 Å². The van der Waals surface area contributed by atoms with Gasteiger partial charge in [-0.15, -0.1) is 11.3 Å². The van der Waals surface area contributed by atoms with Crippen LogP contribution in [0.5, 0.6) is 0 Å². The summed E-state index contributed by atoms with van der Waals surface area (Å²) in [4.78, 5) is 34.8. The third kappa shape index (κ3) is 3.55. The van der Waals surface area contributed by atoms with Gasteiger partial charge in [-0.25, -0.2) is 14.6 Å². The molecule has 158 valence electrons. The van der Waals surface area contributed by atoms with Crippen molar-refractivity contribution in [2.75, 3.05) is 11.1 Å². The highest BCUT2D eigenvalue weighted by molar-refractivity contribution is 7.99. The fourth-order valence-corrected chi connectivity index (χ4v) is 5.63. The zero-order valence-electron chi connectivity index (χ0n) is 17.2. The van der Waals surface area contributed by atoms with E-state index in [1.54, 1.807) is 15.4 Å². The average Bonchev–Trinajstić information content (AvgIpc) is 3.42. The van der Waals surface area contributed by atoms with Crippen LogP contribution in [0.4, 0.5) is 5.13 Å². The summed E-state index contributed by atoms with van der Waals surface area (Å²) < 4.78 is 3.35. The highest BCUT2D eigenvalue weighted by atomic mass is 32.2. The molecule has 0 bridgehead atoms. The van der Waals surface area contributed by atoms with Gasteiger partial charge in [0.2, 0.25) is 5.91 Å². The molecule has 1 amide bonds. The van der Waals surface area contributed by atoms with E-state index in [-0.39, 0.29) is 23.9 Å². The maximum absolute atomic E-state index is 13.3. The molecule has 1 aliphatic rings. The lowest BCUT2D eigenvalue weighted by atomic mass is 10.1. The van der Waals surface area contributed by atoms with Gasteiger partial charge in [0.1, 0.15) is 5.39 Å². The number of anilines is 1. The van der Waals surface area contributed by atoms with Gasteiger partial charge in [-0.2, -0.15) is 5.10 Å². The van der Waals surface area contributed by atoms with Crippen LogP contribution in [0.3, 0.4) is 0 Å². The van der Waals surface area contributed by atoms with Crippen LogP contribution in [0.15, 0.2) is 39.7 Å². The first-order chi connectivity index (χ1) is 14.9. The lowest BCUT2D eigenvalue weighted by molar-refractivity contribution is -0.116. The highest BCUT2D eigenvalue weighted by Gasteiger charge is 2.30. The third-order valence-corrected chi connectivity index (χ3v) is 7.21. The number of hydrogen-bond acceptors (Lipinski definition) is 7. The average molecular weight is 453 g/mol. The number of hydrogen-bond donors (Lipinski definition) is 1. The molecule has 1 unspecified atom stereocenters. The number of nitrogens with zero attached hydrogens (tertiary/aromatic N) is 5. The van der Waals surface area contributed by atoms with Crippen LogP contribution in [0.25, 0.3) is 16.7 Å². The number of aryl methyl sites for hydroxylation is 3. The maximum Gasteiger partial charge on any atom is 0.265 e. The smallest absolute Gasteiger partial charge is 0.265 e. The number of amides is 1. The fraction of sp³-hybridized carbons (Fsp3) is 0.286. The molecule has 4 heterocycles. The number of carbonyl (C=O) groups excluding carboxylic acids is 1. The number of fused-ring (bicyclic) bond motifs is 2. The molecule has 0 spiro atoms. The topological polar surface area (TPSA) is 94.7 Å². The van der Waals surface area contributed by atoms with E-state index < -0.39 is 0 Å². The Hall–Kier alpha value is -2.98. The zero-order chi connectivity index (χ0) is 21.7. The molecule has 3 aromatic heterocycles. The number of benzene rings is 1. The quantitative estimate of drug-likeness (QED) is 0.475. The van der Waals surface area contributed by atoms with Crippen LogP contribution in [-0.2, 0) is 4.79 Å². The number of nitrogens with one attached hydrogen (secondary N) is 1. The van der Waals surface area contributed by atoms with E-state index in [4.69, 9.17) is 4.98 Å². The van der Waals surface area contributed by atoms with Crippen molar-refractivity contribution in [1.29, 1.82) is 0 Å². The highest BCUT2D eigenvalue weighted by Crippen LogP contribution is 2.34. The number of rotatable bonds is 4. The number of thiazole rings is 1. The van der Waals surface area contributed by atoms with Gasteiger partial charge in [0.25, 0.3) is 5.56 Å². The lowest BCUT2D eigenvalue weighted by Crippen LogP contribution is -2.27. The molecule has 0 fully saturated rings. The minimum atomic E-state index is -0.255. The van der Waals surface area contributed by atoms with E-state index in [1.165, 1.54) is 23.1 Å². The second-order valence-corrected chi connectivity index (χ2v) is 9.51. The summed E-state index contributed by atoms with van der Waals surface area (Å²) in [7, 11) is 0. The van der Waals surface area contributed by atoms with Crippen LogP contribution in [0.2, 0.25) is 0 Å². The fourth-order valence-electron chi connectivity index (χ4n) is 3.80. The van der Waals surface area contributed by atoms with Crippen LogP contribution in [-0.4, -0.2) is 36.0 Å². The van der Waals surface area contributed by atoms with Crippen molar-refractivity contribution in [3.63, 3.8) is 0 Å². The largest absolute Gasteiger partial charge is 0.302 e. The van der Waals surface area contributed by atoms with E-state index in [0.717, 1.165) is 22.5 Å². The minimum Gasteiger partial charge on any atom is -0.302 e. The summed E-state index contributed by atoms with van der Waals surface area (Å²) in [5, 5.41) is 10.8. The molecule has 0 radical (unpaired) electrons. The Morgan fingerprint density at radius 3 is 2.84 bits per heavy atom. The molecule has 8 nitrogen and oxygen atoms in total. The van der Waals surface area contributed by atoms with Crippen molar-refractivity contribution in [2.45, 2.75) is 38.4 Å². The molecule has 1 aliphatic heterocycles. The summed E-state index contributed by atoms with van der Waals surface area (Å²) in [5.74, 6) is 0.460. The summed E-state index contributed by atoms with van der Waals surface area (Å²) in [6, 6.07) is 5.83. The molecular formula is C21H20N6O2S2. The first kappa shape index (κ1) is 20.0. The van der Waals surface area contributed by atoms with Crippen molar-refractivity contribution < 1.29 is 4.79 Å². The second-order valence-electron chi connectivity index (χ2n) is 7.66. The molecular weight excluding hydrogens is 432 g/mol. The van der Waals surface area contributed by atoms with E-state index in [2.05, 4.69) is 21.5 Å². The Labute approximate surface area is 186 Å². The van der Waals surface area contributed by atoms with Gasteiger partial charge in [0.05, 0.1) is 23.6 Å². The number of carbonyl (C=O) groups is 1. The van der Waals surface area contributed by atoms with Gasteiger partial charge in [0.15, 0.2) is 15.9 Å².